The van der Waals surface area contributed by atoms with Crippen molar-refractivity contribution in [3.63, 3.8) is 0 Å². The molecule has 1 fully saturated rings. The molecule has 0 aliphatic carbocycles. The first-order chi connectivity index (χ1) is 10.1. The molecular formula is C18H24N2O. The van der Waals surface area contributed by atoms with Gasteiger partial charge in [0, 0.05) is 18.5 Å². The smallest absolute Gasteiger partial charge is 0.139 e. The molecule has 0 spiro atoms. The standard InChI is InChI=1S/C18H24N2O/c1-13(2)18-11-16(19-21-18)17-5-4-10-20(17)12-15-8-6-14(3)7-9-15/h6-9,11,13,17H,4-5,10,12H2,1-3H3. The fraction of sp³-hybridized carbons (Fsp3) is 0.500. The van der Waals surface area contributed by atoms with Crippen LogP contribution in [0.1, 0.15) is 61.2 Å². The van der Waals surface area contributed by atoms with Gasteiger partial charge in [-0.3, -0.25) is 4.90 Å². The largest absolute Gasteiger partial charge is 0.361 e. The molecule has 1 atom stereocenters. The van der Waals surface area contributed by atoms with Gasteiger partial charge in [-0.15, -0.1) is 0 Å². The number of aryl methyl sites for hydroxylation is 1. The topological polar surface area (TPSA) is 29.3 Å². The van der Waals surface area contributed by atoms with E-state index in [1.807, 2.05) is 0 Å². The molecule has 0 amide bonds. The fourth-order valence-electron chi connectivity index (χ4n) is 3.01. The highest BCUT2D eigenvalue weighted by Gasteiger charge is 2.28. The molecule has 1 aliphatic rings. The summed E-state index contributed by atoms with van der Waals surface area (Å²) in [6.45, 7) is 8.55. The molecular weight excluding hydrogens is 260 g/mol. The Morgan fingerprint density at radius 1 is 1.29 bits per heavy atom. The number of hydrogen-bond donors (Lipinski definition) is 0. The minimum absolute atomic E-state index is 0.401. The van der Waals surface area contributed by atoms with Crippen molar-refractivity contribution in [2.75, 3.05) is 6.54 Å². The predicted molar refractivity (Wildman–Crippen MR) is 84.2 cm³/mol. The fourth-order valence-corrected chi connectivity index (χ4v) is 3.01. The van der Waals surface area contributed by atoms with Crippen molar-refractivity contribution < 1.29 is 4.52 Å². The van der Waals surface area contributed by atoms with Crippen LogP contribution in [0.3, 0.4) is 0 Å². The second kappa shape index (κ2) is 6.02. The molecule has 0 radical (unpaired) electrons. The van der Waals surface area contributed by atoms with Gasteiger partial charge in [-0.1, -0.05) is 48.8 Å². The highest BCUT2D eigenvalue weighted by Crippen LogP contribution is 2.33. The van der Waals surface area contributed by atoms with Gasteiger partial charge in [-0.05, 0) is 31.9 Å². The monoisotopic (exact) mass is 284 g/mol. The van der Waals surface area contributed by atoms with E-state index >= 15 is 0 Å². The van der Waals surface area contributed by atoms with Crippen molar-refractivity contribution in [1.82, 2.24) is 10.1 Å². The first-order valence-electron chi connectivity index (χ1n) is 7.89. The number of hydrogen-bond acceptors (Lipinski definition) is 3. The van der Waals surface area contributed by atoms with Gasteiger partial charge in [0.2, 0.25) is 0 Å². The summed E-state index contributed by atoms with van der Waals surface area (Å²) >= 11 is 0. The lowest BCUT2D eigenvalue weighted by Gasteiger charge is -2.22. The molecule has 1 aromatic carbocycles. The van der Waals surface area contributed by atoms with E-state index in [1.54, 1.807) is 0 Å². The summed E-state index contributed by atoms with van der Waals surface area (Å²) in [5, 5.41) is 4.31. The van der Waals surface area contributed by atoms with Gasteiger partial charge in [0.05, 0.1) is 6.04 Å². The SMILES string of the molecule is Cc1ccc(CN2CCCC2c2cc(C(C)C)on2)cc1. The third-order valence-electron chi connectivity index (χ3n) is 4.33. The van der Waals surface area contributed by atoms with Crippen LogP contribution in [0.4, 0.5) is 0 Å². The first-order valence-corrected chi connectivity index (χ1v) is 7.89. The summed E-state index contributed by atoms with van der Waals surface area (Å²) in [7, 11) is 0. The third kappa shape index (κ3) is 3.18. The van der Waals surface area contributed by atoms with Crippen molar-refractivity contribution in [2.24, 2.45) is 0 Å². The highest BCUT2D eigenvalue weighted by molar-refractivity contribution is 5.22. The Labute approximate surface area is 126 Å². The zero-order valence-electron chi connectivity index (χ0n) is 13.2. The Bertz CT molecular complexity index is 586. The number of benzene rings is 1. The van der Waals surface area contributed by atoms with Gasteiger partial charge in [0.25, 0.3) is 0 Å². The van der Waals surface area contributed by atoms with Gasteiger partial charge < -0.3 is 4.52 Å². The van der Waals surface area contributed by atoms with Crippen molar-refractivity contribution in [2.45, 2.75) is 52.1 Å². The minimum Gasteiger partial charge on any atom is -0.361 e. The van der Waals surface area contributed by atoms with E-state index in [9.17, 15) is 0 Å². The first kappa shape index (κ1) is 14.3. The molecule has 0 bridgehead atoms. The average molecular weight is 284 g/mol. The molecule has 3 rings (SSSR count). The molecule has 1 unspecified atom stereocenters. The molecule has 1 saturated heterocycles. The van der Waals surface area contributed by atoms with Crippen LogP contribution in [-0.2, 0) is 6.54 Å². The Kier molecular flexibility index (Phi) is 4.11. The van der Waals surface area contributed by atoms with Gasteiger partial charge in [0.15, 0.2) is 0 Å². The molecule has 2 aromatic rings. The Morgan fingerprint density at radius 3 is 2.71 bits per heavy atom. The Balaban J connectivity index is 1.74. The van der Waals surface area contributed by atoms with Crippen LogP contribution in [0.2, 0.25) is 0 Å². The summed E-state index contributed by atoms with van der Waals surface area (Å²) in [5.74, 6) is 1.39. The highest BCUT2D eigenvalue weighted by atomic mass is 16.5. The quantitative estimate of drug-likeness (QED) is 0.831. The lowest BCUT2D eigenvalue weighted by Crippen LogP contribution is -2.22. The Morgan fingerprint density at radius 2 is 2.05 bits per heavy atom. The summed E-state index contributed by atoms with van der Waals surface area (Å²) in [5.41, 5.74) is 3.79. The van der Waals surface area contributed by atoms with Crippen LogP contribution in [-0.4, -0.2) is 16.6 Å². The lowest BCUT2D eigenvalue weighted by molar-refractivity contribution is 0.236. The number of likely N-dealkylation sites (tertiary alicyclic amines) is 1. The number of nitrogens with zero attached hydrogens (tertiary/aromatic N) is 2. The van der Waals surface area contributed by atoms with Gasteiger partial charge in [-0.25, -0.2) is 0 Å². The second-order valence-electron chi connectivity index (χ2n) is 6.42. The molecule has 112 valence electrons. The van der Waals surface area contributed by atoms with Crippen LogP contribution in [0.15, 0.2) is 34.9 Å². The molecule has 21 heavy (non-hydrogen) atoms. The maximum atomic E-state index is 5.48. The van der Waals surface area contributed by atoms with Crippen LogP contribution < -0.4 is 0 Å². The van der Waals surface area contributed by atoms with Gasteiger partial charge in [-0.2, -0.15) is 0 Å². The predicted octanol–water partition coefficient (Wildman–Crippen LogP) is 4.44. The van der Waals surface area contributed by atoms with E-state index in [4.69, 9.17) is 4.52 Å². The van der Waals surface area contributed by atoms with Crippen LogP contribution >= 0.6 is 0 Å². The van der Waals surface area contributed by atoms with E-state index in [1.165, 1.54) is 24.0 Å². The number of aromatic nitrogens is 1. The molecule has 0 N–H and O–H groups in total. The maximum Gasteiger partial charge on any atom is 0.139 e. The summed E-state index contributed by atoms with van der Waals surface area (Å²) < 4.78 is 5.48. The van der Waals surface area contributed by atoms with Crippen LogP contribution in [0, 0.1) is 6.92 Å². The zero-order valence-corrected chi connectivity index (χ0v) is 13.2. The molecule has 1 aromatic heterocycles. The van der Waals surface area contributed by atoms with Gasteiger partial charge in [0.1, 0.15) is 11.5 Å². The van der Waals surface area contributed by atoms with E-state index < -0.39 is 0 Å². The summed E-state index contributed by atoms with van der Waals surface area (Å²) in [4.78, 5) is 2.52. The number of rotatable bonds is 4. The van der Waals surface area contributed by atoms with E-state index in [-0.39, 0.29) is 0 Å². The van der Waals surface area contributed by atoms with Crippen molar-refractivity contribution in [3.05, 3.63) is 52.9 Å². The molecule has 2 heterocycles. The molecule has 0 saturated carbocycles. The van der Waals surface area contributed by atoms with Crippen molar-refractivity contribution >= 4 is 0 Å². The molecule has 3 heteroatoms. The normalized spacial score (nSPS) is 19.5. The van der Waals surface area contributed by atoms with Gasteiger partial charge >= 0.3 is 0 Å². The maximum absolute atomic E-state index is 5.48. The zero-order chi connectivity index (χ0) is 14.8. The minimum atomic E-state index is 0.401. The van der Waals surface area contributed by atoms with E-state index in [0.29, 0.717) is 12.0 Å². The Hall–Kier alpha value is -1.61. The lowest BCUT2D eigenvalue weighted by atomic mass is 10.1. The van der Waals surface area contributed by atoms with Crippen molar-refractivity contribution in [3.8, 4) is 0 Å². The average Bonchev–Trinajstić information content (AvgIpc) is 3.09. The third-order valence-corrected chi connectivity index (χ3v) is 4.33. The second-order valence-corrected chi connectivity index (χ2v) is 6.42. The van der Waals surface area contributed by atoms with Crippen molar-refractivity contribution in [1.29, 1.82) is 0 Å². The summed E-state index contributed by atoms with van der Waals surface area (Å²) in [6.07, 6.45) is 2.41. The molecule has 3 nitrogen and oxygen atoms in total. The van der Waals surface area contributed by atoms with Crippen LogP contribution in [0.25, 0.3) is 0 Å². The molecule has 1 aliphatic heterocycles. The van der Waals surface area contributed by atoms with Crippen LogP contribution in [0.5, 0.6) is 0 Å². The van der Waals surface area contributed by atoms with E-state index in [2.05, 4.69) is 61.2 Å². The van der Waals surface area contributed by atoms with E-state index in [0.717, 1.165) is 24.5 Å². The summed E-state index contributed by atoms with van der Waals surface area (Å²) in [6, 6.07) is 11.4.